The Morgan fingerprint density at radius 2 is 1.28 bits per heavy atom. The Morgan fingerprint density at radius 1 is 0.650 bits per heavy atom. The summed E-state index contributed by atoms with van der Waals surface area (Å²) in [7, 11) is 0. The molecular formula is C70H64N12O12S6. The van der Waals surface area contributed by atoms with Crippen molar-refractivity contribution >= 4 is 115 Å². The van der Waals surface area contributed by atoms with Crippen molar-refractivity contribution in [3.63, 3.8) is 0 Å². The summed E-state index contributed by atoms with van der Waals surface area (Å²) in [5.41, 5.74) is 10.7. The molecule has 30 heteroatoms. The van der Waals surface area contributed by atoms with Gasteiger partial charge in [-0.15, -0.1) is 68.0 Å². The van der Waals surface area contributed by atoms with Crippen molar-refractivity contribution in [2.45, 2.75) is 115 Å². The van der Waals surface area contributed by atoms with E-state index in [0.29, 0.717) is 90.1 Å². The van der Waals surface area contributed by atoms with E-state index in [1.807, 2.05) is 43.5 Å². The summed E-state index contributed by atoms with van der Waals surface area (Å²) in [4.78, 5) is 149. The summed E-state index contributed by atoms with van der Waals surface area (Å²) in [6.45, 7) is 5.48. The normalized spacial score (nSPS) is 20.8. The van der Waals surface area contributed by atoms with Gasteiger partial charge < -0.3 is 46.6 Å². The number of nitrogens with zero attached hydrogens (tertiary/aromatic N) is 9. The topological polar surface area (TPSA) is 364 Å². The minimum atomic E-state index is -1.30. The third-order valence-electron chi connectivity index (χ3n) is 18.2. The molecule has 1 saturated heterocycles. The zero-order valence-electron chi connectivity index (χ0n) is 53.7. The summed E-state index contributed by atoms with van der Waals surface area (Å²) in [6.07, 6.45) is -1.37. The van der Waals surface area contributed by atoms with E-state index in [0.717, 1.165) is 45.1 Å². The number of thiazole rings is 6. The van der Waals surface area contributed by atoms with Crippen LogP contribution in [0.25, 0.3) is 43.4 Å². The predicted molar refractivity (Wildman–Crippen MR) is 377 cm³/mol. The number of rotatable bonds is 13. The molecule has 24 nitrogen and oxygen atoms in total. The molecule has 1 aliphatic carbocycles. The summed E-state index contributed by atoms with van der Waals surface area (Å²) in [5.74, 6) is -7.62. The third-order valence-corrected chi connectivity index (χ3v) is 23.8. The van der Waals surface area contributed by atoms with E-state index in [9.17, 15) is 54.0 Å². The standard InChI is InChI=1S/C70H64N12O12S6/c1-33-9-11-36(12-10-33)23-46-67(89)82-27-53(84)34(2)57(82)66-78-50(31-99-66)64-75-47(28-97-64)56-42(21-22-44(72-56)63-79-51(32-98-63)68(90)81(41-19-17-40(18-20-41)70(93)94)26-37-13-15-39(16-14-37)69(91)92)61-76-48(29-95-61)59(87)73-45(25-54(71)85)65-80-55(35(3)100-65)52(83)24-43(58(86)38-7-5-4-6-8-38)62-77-49(30-96-62)60(88)74-46/h4-16,21-22,28-32,34,40-41,43,45-46,53,57-58,84,86H,17-20,23-27H2,1-3H3,(H2,71,85)(H,73,87)(H,74,88)(H,91,92)(H,93,94)/t34-,40?,41?,43-,45-,46-,53-,57-,58+/m0/s1. The summed E-state index contributed by atoms with van der Waals surface area (Å²) in [6, 6.07) is 22.6. The van der Waals surface area contributed by atoms with E-state index in [2.05, 4.69) is 10.6 Å². The van der Waals surface area contributed by atoms with Crippen molar-refractivity contribution in [1.82, 2.24) is 55.3 Å². The number of carboxylic acids is 2. The molecule has 2 aliphatic heterocycles. The molecule has 10 bridgehead atoms. The first-order chi connectivity index (χ1) is 48.1. The molecule has 0 radical (unpaired) electrons. The number of carboxylic acid groups (broad SMARTS) is 2. The number of aromatic carboxylic acids is 1. The van der Waals surface area contributed by atoms with Gasteiger partial charge in [0.2, 0.25) is 11.8 Å². The highest BCUT2D eigenvalue weighted by Gasteiger charge is 2.46. The van der Waals surface area contributed by atoms with Crippen molar-refractivity contribution in [3.05, 3.63) is 188 Å². The number of aromatic nitrogens is 7. The van der Waals surface area contributed by atoms with Crippen LogP contribution in [0.2, 0.25) is 0 Å². The smallest absolute Gasteiger partial charge is 0.335 e. The summed E-state index contributed by atoms with van der Waals surface area (Å²) >= 11 is 6.99. The third kappa shape index (κ3) is 14.7. The van der Waals surface area contributed by atoms with Gasteiger partial charge in [0.1, 0.15) is 70.9 Å². The number of hydrogen-bond donors (Lipinski definition) is 7. The number of Topliss-reactive ketones (excluding diaryl/α,β-unsaturated/α-hetero) is 1. The van der Waals surface area contributed by atoms with Crippen molar-refractivity contribution in [3.8, 4) is 43.4 Å². The fourth-order valence-corrected chi connectivity index (χ4v) is 18.1. The molecule has 512 valence electrons. The molecule has 100 heavy (non-hydrogen) atoms. The molecule has 7 aromatic heterocycles. The molecular weight excluding hydrogens is 1390 g/mol. The number of carbonyl (C=O) groups excluding carboxylic acids is 6. The molecule has 0 unspecified atom stereocenters. The van der Waals surface area contributed by atoms with E-state index in [1.54, 1.807) is 87.5 Å². The number of amides is 5. The van der Waals surface area contributed by atoms with Crippen LogP contribution in [0, 0.1) is 25.7 Å². The zero-order chi connectivity index (χ0) is 70.2. The highest BCUT2D eigenvalue weighted by atomic mass is 32.1. The molecule has 7 atom stereocenters. The maximum absolute atomic E-state index is 15.4. The van der Waals surface area contributed by atoms with Crippen LogP contribution in [0.3, 0.4) is 0 Å². The average molecular weight is 1460 g/mol. The fourth-order valence-electron chi connectivity index (χ4n) is 12.7. The van der Waals surface area contributed by atoms with Crippen LogP contribution in [0.15, 0.2) is 118 Å². The van der Waals surface area contributed by atoms with Crippen LogP contribution >= 0.6 is 68.0 Å². The molecule has 0 spiro atoms. The SMILES string of the molecule is Cc1ccc(C[C@@H]2NC(=O)c3csc(n3)[C@H]([C@H](O)c3ccccc3)CC(=O)c3nc(sc3C)[C@H](CC(N)=O)NC(=O)c3csc(n3)-c3ccc(-c4nc(C(=O)N(Cc5ccc(C(=O)O)cc5)C5CCC(C(=O)O)CC5)cs4)nc3-c3csc(n3)-c3csc(n3)[C@@H]3[C@@H](C)[C@@H](O)CN3C2=O)cc1. The number of carbonyl (C=O) groups is 8. The fraction of sp³-hybridized carbons (Fsp3) is 0.300. The highest BCUT2D eigenvalue weighted by molar-refractivity contribution is 7.15. The number of fused-ring (bicyclic) bond motifs is 16. The van der Waals surface area contributed by atoms with E-state index in [1.165, 1.54) is 51.5 Å². The number of benzene rings is 3. The lowest BCUT2D eigenvalue weighted by Gasteiger charge is -2.36. The second-order valence-electron chi connectivity index (χ2n) is 24.9. The quantitative estimate of drug-likeness (QED) is 0.0564. The molecule has 13 rings (SSSR count). The Labute approximate surface area is 595 Å². The van der Waals surface area contributed by atoms with Gasteiger partial charge in [-0.2, -0.15) is 0 Å². The number of aryl methyl sites for hydroxylation is 2. The monoisotopic (exact) mass is 1460 g/mol. The van der Waals surface area contributed by atoms with Gasteiger partial charge in [0.05, 0.1) is 52.9 Å². The van der Waals surface area contributed by atoms with Crippen LogP contribution in [0.5, 0.6) is 0 Å². The molecule has 10 aromatic rings. The molecule has 3 aromatic carbocycles. The summed E-state index contributed by atoms with van der Waals surface area (Å²) in [5, 5.41) is 59.4. The van der Waals surface area contributed by atoms with Crippen molar-refractivity contribution in [2.75, 3.05) is 6.54 Å². The molecule has 9 heterocycles. The Bertz CT molecular complexity index is 4770. The second kappa shape index (κ2) is 29.3. The number of aliphatic hydroxyl groups is 2. The van der Waals surface area contributed by atoms with E-state index in [4.69, 9.17) is 40.6 Å². The number of nitrogens with one attached hydrogen (secondary N) is 2. The van der Waals surface area contributed by atoms with Crippen molar-refractivity contribution in [2.24, 2.45) is 17.6 Å². The maximum atomic E-state index is 15.4. The number of hydrogen-bond acceptors (Lipinski definition) is 23. The van der Waals surface area contributed by atoms with Gasteiger partial charge in [-0.3, -0.25) is 33.6 Å². The number of aliphatic hydroxyl groups excluding tert-OH is 2. The lowest BCUT2D eigenvalue weighted by atomic mass is 9.85. The Hall–Kier alpha value is -9.53. The number of primary amides is 1. The minimum Gasteiger partial charge on any atom is -0.481 e. The van der Waals surface area contributed by atoms with Gasteiger partial charge in [0.25, 0.3) is 17.7 Å². The van der Waals surface area contributed by atoms with Crippen LogP contribution < -0.4 is 16.4 Å². The van der Waals surface area contributed by atoms with Gasteiger partial charge in [-0.25, -0.2) is 39.7 Å². The number of pyridine rings is 1. The van der Waals surface area contributed by atoms with Gasteiger partial charge in [-0.05, 0) is 80.5 Å². The van der Waals surface area contributed by atoms with Gasteiger partial charge >= 0.3 is 11.9 Å². The van der Waals surface area contributed by atoms with E-state index in [-0.39, 0.29) is 70.3 Å². The molecule has 8 N–H and O–H groups in total. The Morgan fingerprint density at radius 3 is 2.00 bits per heavy atom. The van der Waals surface area contributed by atoms with Crippen molar-refractivity contribution < 1.29 is 58.8 Å². The maximum Gasteiger partial charge on any atom is 0.335 e. The first kappa shape index (κ1) is 69.0. The zero-order valence-corrected chi connectivity index (χ0v) is 58.6. The largest absolute Gasteiger partial charge is 0.481 e. The molecule has 1 saturated carbocycles. The molecule has 5 amide bonds. The predicted octanol–water partition coefficient (Wildman–Crippen LogP) is 10.8. The van der Waals surface area contributed by atoms with Crippen LogP contribution in [0.1, 0.15) is 164 Å². The minimum absolute atomic E-state index is 0.0179. The lowest BCUT2D eigenvalue weighted by Crippen LogP contribution is -2.50. The Balaban J connectivity index is 0.884. The number of nitrogens with two attached hydrogens (primary N) is 1. The number of aliphatic carboxylic acids is 1. The van der Waals surface area contributed by atoms with Crippen LogP contribution in [0.4, 0.5) is 0 Å². The van der Waals surface area contributed by atoms with Gasteiger partial charge in [-0.1, -0.05) is 79.2 Å². The second-order valence-corrected chi connectivity index (χ2v) is 30.5. The average Bonchev–Trinajstić information content (AvgIpc) is 1.62. The lowest BCUT2D eigenvalue weighted by molar-refractivity contribution is -0.143. The van der Waals surface area contributed by atoms with E-state index < -0.39 is 102 Å². The molecule has 2 fully saturated rings. The van der Waals surface area contributed by atoms with Crippen LogP contribution in [-0.4, -0.2) is 137 Å². The van der Waals surface area contributed by atoms with E-state index >= 15 is 4.79 Å². The number of ketones is 1. The molecule has 3 aliphatic rings. The first-order valence-corrected chi connectivity index (χ1v) is 37.2. The summed E-state index contributed by atoms with van der Waals surface area (Å²) < 4.78 is 0. The van der Waals surface area contributed by atoms with Gasteiger partial charge in [0.15, 0.2) is 5.78 Å². The Kier molecular flexibility index (Phi) is 20.2. The first-order valence-electron chi connectivity index (χ1n) is 31.9. The van der Waals surface area contributed by atoms with Crippen LogP contribution in [-0.2, 0) is 27.3 Å². The highest BCUT2D eigenvalue weighted by Crippen LogP contribution is 2.44. The van der Waals surface area contributed by atoms with Gasteiger partial charge in [0, 0.05) is 81.1 Å². The van der Waals surface area contributed by atoms with Crippen molar-refractivity contribution in [1.29, 1.82) is 0 Å².